The van der Waals surface area contributed by atoms with E-state index in [-0.39, 0.29) is 0 Å². The Morgan fingerprint density at radius 3 is 0.759 bits per heavy atom. The van der Waals surface area contributed by atoms with E-state index < -0.39 is 0 Å². The Kier molecular flexibility index (Phi) is 11.3. The number of hydrogen-bond acceptors (Lipinski definition) is 0. The molecule has 3 aliphatic rings. The Balaban J connectivity index is 0.000000218. The fourth-order valence-electron chi connectivity index (χ4n) is 5.77. The first-order valence-corrected chi connectivity index (χ1v) is 13.4. The summed E-state index contributed by atoms with van der Waals surface area (Å²) in [6.07, 6.45) is 7.46. The van der Waals surface area contributed by atoms with Gasteiger partial charge in [-0.25, -0.2) is 0 Å². The summed E-state index contributed by atoms with van der Waals surface area (Å²) in [7, 11) is 0. The van der Waals surface area contributed by atoms with Gasteiger partial charge in [-0.2, -0.15) is 0 Å². The monoisotopic (exact) mass is 406 g/mol. The molecule has 0 heterocycles. The van der Waals surface area contributed by atoms with Crippen LogP contribution in [0.1, 0.15) is 115 Å². The topological polar surface area (TPSA) is 0 Å². The van der Waals surface area contributed by atoms with Crippen molar-refractivity contribution in [2.24, 2.45) is 71.0 Å². The molecule has 3 aliphatic carbocycles. The van der Waals surface area contributed by atoms with Crippen LogP contribution in [0.25, 0.3) is 0 Å². The van der Waals surface area contributed by atoms with Crippen molar-refractivity contribution in [2.45, 2.75) is 115 Å². The third kappa shape index (κ3) is 8.57. The maximum Gasteiger partial charge on any atom is -0.0357 e. The van der Waals surface area contributed by atoms with E-state index in [2.05, 4.69) is 83.1 Å². The van der Waals surface area contributed by atoms with E-state index in [0.717, 1.165) is 71.0 Å². The molecule has 4 unspecified atom stereocenters. The van der Waals surface area contributed by atoms with Crippen molar-refractivity contribution in [1.29, 1.82) is 0 Å². The molecule has 29 heavy (non-hydrogen) atoms. The molecular weight excluding hydrogens is 348 g/mol. The van der Waals surface area contributed by atoms with Crippen molar-refractivity contribution >= 4 is 0 Å². The molecule has 0 nitrogen and oxygen atoms in total. The first kappa shape index (κ1) is 27.0. The lowest BCUT2D eigenvalue weighted by atomic mass is 9.64. The van der Waals surface area contributed by atoms with E-state index >= 15 is 0 Å². The van der Waals surface area contributed by atoms with E-state index in [1.807, 2.05) is 0 Å². The molecule has 4 atom stereocenters. The van der Waals surface area contributed by atoms with Gasteiger partial charge in [0.15, 0.2) is 0 Å². The Bertz CT molecular complexity index is 383. The van der Waals surface area contributed by atoms with Crippen molar-refractivity contribution in [1.82, 2.24) is 0 Å². The van der Waals surface area contributed by atoms with Gasteiger partial charge in [0.25, 0.3) is 0 Å². The van der Waals surface area contributed by atoms with Crippen molar-refractivity contribution < 1.29 is 0 Å². The summed E-state index contributed by atoms with van der Waals surface area (Å²) in [6.45, 7) is 28.2. The highest BCUT2D eigenvalue weighted by Gasteiger charge is 2.40. The van der Waals surface area contributed by atoms with Gasteiger partial charge in [-0.05, 0) is 103 Å². The maximum atomic E-state index is 2.36. The minimum absolute atomic E-state index is 0.918. The molecule has 0 bridgehead atoms. The van der Waals surface area contributed by atoms with Crippen molar-refractivity contribution in [3.05, 3.63) is 0 Å². The van der Waals surface area contributed by atoms with Gasteiger partial charge in [0, 0.05) is 0 Å². The summed E-state index contributed by atoms with van der Waals surface area (Å²) in [6, 6.07) is 0. The third-order valence-corrected chi connectivity index (χ3v) is 8.80. The lowest BCUT2D eigenvalue weighted by Crippen LogP contribution is -2.33. The fourth-order valence-corrected chi connectivity index (χ4v) is 5.77. The van der Waals surface area contributed by atoms with Crippen LogP contribution in [0.4, 0.5) is 0 Å². The second kappa shape index (κ2) is 12.1. The zero-order chi connectivity index (χ0) is 22.5. The van der Waals surface area contributed by atoms with Crippen LogP contribution in [0.5, 0.6) is 0 Å². The molecule has 0 amide bonds. The highest BCUT2D eigenvalue weighted by atomic mass is 14.5. The predicted octanol–water partition coefficient (Wildman–Crippen LogP) is 9.58. The SMILES string of the molecule is CC(C)C1CC(C(C)C)C1.CC(C)C1CC1C(C)C.CC(C)C1CCC1C(C)C. The molecule has 0 heteroatoms. The highest BCUT2D eigenvalue weighted by Crippen LogP contribution is 2.48. The lowest BCUT2D eigenvalue weighted by molar-refractivity contribution is 0.0793. The lowest BCUT2D eigenvalue weighted by Gasteiger charge is -2.42. The van der Waals surface area contributed by atoms with Crippen LogP contribution >= 0.6 is 0 Å². The van der Waals surface area contributed by atoms with Gasteiger partial charge in [0.2, 0.25) is 0 Å². The van der Waals surface area contributed by atoms with E-state index in [9.17, 15) is 0 Å². The summed E-state index contributed by atoms with van der Waals surface area (Å²) < 4.78 is 0. The minimum Gasteiger partial charge on any atom is -0.0625 e. The van der Waals surface area contributed by atoms with Crippen LogP contribution in [0.3, 0.4) is 0 Å². The van der Waals surface area contributed by atoms with Gasteiger partial charge in [-0.1, -0.05) is 83.1 Å². The predicted molar refractivity (Wildman–Crippen MR) is 133 cm³/mol. The summed E-state index contributed by atoms with van der Waals surface area (Å²) >= 11 is 0. The summed E-state index contributed by atoms with van der Waals surface area (Å²) in [5, 5.41) is 0. The standard InChI is InChI=1S/2C10H20.C9H18/c1-7(2)9-5-10(6-9)8(3)4;1-7(2)9-5-6-10(9)8(3)4;1-6(2)8-5-9(8)7(3)4/h2*7-10H,5-6H2,1-4H3;6-9H,5H2,1-4H3. The van der Waals surface area contributed by atoms with Crippen LogP contribution < -0.4 is 0 Å². The maximum absolute atomic E-state index is 2.36. The molecule has 3 fully saturated rings. The molecule has 0 aromatic carbocycles. The first-order valence-electron chi connectivity index (χ1n) is 13.4. The highest BCUT2D eigenvalue weighted by molar-refractivity contribution is 4.89. The Labute approximate surface area is 186 Å². The molecule has 3 rings (SSSR count). The van der Waals surface area contributed by atoms with E-state index in [0.29, 0.717) is 0 Å². The van der Waals surface area contributed by atoms with Gasteiger partial charge in [0.1, 0.15) is 0 Å². The normalized spacial score (nSPS) is 33.3. The molecular formula is C29H58. The number of rotatable bonds is 6. The van der Waals surface area contributed by atoms with Crippen LogP contribution in [-0.2, 0) is 0 Å². The van der Waals surface area contributed by atoms with Crippen LogP contribution in [0.15, 0.2) is 0 Å². The second-order valence-electron chi connectivity index (χ2n) is 12.9. The Morgan fingerprint density at radius 1 is 0.345 bits per heavy atom. The van der Waals surface area contributed by atoms with Crippen molar-refractivity contribution in [3.63, 3.8) is 0 Å². The van der Waals surface area contributed by atoms with E-state index in [1.54, 1.807) is 0 Å². The average Bonchev–Trinajstić information content (AvgIpc) is 3.23. The van der Waals surface area contributed by atoms with Crippen molar-refractivity contribution in [2.75, 3.05) is 0 Å². The molecule has 0 saturated heterocycles. The van der Waals surface area contributed by atoms with Crippen LogP contribution in [0.2, 0.25) is 0 Å². The van der Waals surface area contributed by atoms with E-state index in [4.69, 9.17) is 0 Å². The zero-order valence-electron chi connectivity index (χ0n) is 22.5. The fraction of sp³-hybridized carbons (Fsp3) is 1.00. The Morgan fingerprint density at radius 2 is 0.621 bits per heavy atom. The molecule has 0 N–H and O–H groups in total. The summed E-state index contributed by atoms with van der Waals surface area (Å²) in [5.74, 6) is 11.8. The average molecular weight is 407 g/mol. The first-order chi connectivity index (χ1) is 13.4. The smallest absolute Gasteiger partial charge is 0.0357 e. The van der Waals surface area contributed by atoms with Gasteiger partial charge >= 0.3 is 0 Å². The zero-order valence-corrected chi connectivity index (χ0v) is 22.5. The van der Waals surface area contributed by atoms with Crippen LogP contribution in [-0.4, -0.2) is 0 Å². The largest absolute Gasteiger partial charge is 0.0625 e. The molecule has 0 aromatic rings. The van der Waals surface area contributed by atoms with Crippen molar-refractivity contribution in [3.8, 4) is 0 Å². The van der Waals surface area contributed by atoms with Gasteiger partial charge < -0.3 is 0 Å². The number of hydrogen-bond donors (Lipinski definition) is 0. The quantitative estimate of drug-likeness (QED) is 0.412. The van der Waals surface area contributed by atoms with Gasteiger partial charge in [-0.15, -0.1) is 0 Å². The van der Waals surface area contributed by atoms with E-state index in [1.165, 1.54) is 32.1 Å². The molecule has 174 valence electrons. The molecule has 0 aromatic heterocycles. The molecule has 0 radical (unpaired) electrons. The minimum atomic E-state index is 0.918. The van der Waals surface area contributed by atoms with Gasteiger partial charge in [-0.3, -0.25) is 0 Å². The Hall–Kier alpha value is 0. The summed E-state index contributed by atoms with van der Waals surface area (Å²) in [4.78, 5) is 0. The molecule has 0 spiro atoms. The third-order valence-electron chi connectivity index (χ3n) is 8.80. The van der Waals surface area contributed by atoms with Crippen LogP contribution in [0, 0.1) is 71.0 Å². The molecule has 0 aliphatic heterocycles. The van der Waals surface area contributed by atoms with Gasteiger partial charge in [0.05, 0.1) is 0 Å². The molecule has 3 saturated carbocycles. The second-order valence-corrected chi connectivity index (χ2v) is 12.9. The summed E-state index contributed by atoms with van der Waals surface area (Å²) in [5.41, 5.74) is 0.